The van der Waals surface area contributed by atoms with Crippen LogP contribution in [0, 0.1) is 12.7 Å². The zero-order valence-electron chi connectivity index (χ0n) is 13.9. The fourth-order valence-electron chi connectivity index (χ4n) is 2.60. The van der Waals surface area contributed by atoms with Gasteiger partial charge in [0.1, 0.15) is 11.5 Å². The van der Waals surface area contributed by atoms with Gasteiger partial charge in [0, 0.05) is 6.20 Å². The summed E-state index contributed by atoms with van der Waals surface area (Å²) in [4.78, 5) is 24.8. The normalized spacial score (nSPS) is 10.7. The summed E-state index contributed by atoms with van der Waals surface area (Å²) in [5, 5.41) is 2.53. The topological polar surface area (TPSA) is 59.8 Å². The number of benzene rings is 1. The number of fused-ring (bicyclic) bond motifs is 1. The highest BCUT2D eigenvalue weighted by Crippen LogP contribution is 2.21. The van der Waals surface area contributed by atoms with Crippen LogP contribution in [0.15, 0.2) is 48.7 Å². The number of carbonyl (C=O) groups excluding carboxylic acids is 2. The molecule has 0 saturated heterocycles. The van der Waals surface area contributed by atoms with Crippen molar-refractivity contribution in [2.45, 2.75) is 13.8 Å². The summed E-state index contributed by atoms with van der Waals surface area (Å²) >= 11 is 0. The lowest BCUT2D eigenvalue weighted by Crippen LogP contribution is -2.15. The number of esters is 1. The molecule has 6 heteroatoms. The van der Waals surface area contributed by atoms with Crippen molar-refractivity contribution in [3.63, 3.8) is 0 Å². The Kier molecular flexibility index (Phi) is 4.52. The molecule has 0 radical (unpaired) electrons. The first kappa shape index (κ1) is 16.7. The minimum Gasteiger partial charge on any atom is -0.462 e. The molecule has 0 bridgehead atoms. The minimum absolute atomic E-state index is 0.0762. The highest BCUT2D eigenvalue weighted by molar-refractivity contribution is 6.08. The summed E-state index contributed by atoms with van der Waals surface area (Å²) in [6.45, 7) is 3.84. The number of rotatable bonds is 4. The highest BCUT2D eigenvalue weighted by Gasteiger charge is 2.21. The quantitative estimate of drug-likeness (QED) is 0.735. The fourth-order valence-corrected chi connectivity index (χ4v) is 2.60. The second-order valence-electron chi connectivity index (χ2n) is 5.56. The van der Waals surface area contributed by atoms with Crippen molar-refractivity contribution in [2.75, 3.05) is 11.9 Å². The van der Waals surface area contributed by atoms with Gasteiger partial charge < -0.3 is 14.5 Å². The summed E-state index contributed by atoms with van der Waals surface area (Å²) in [5.41, 5.74) is 2.10. The number of carbonyl (C=O) groups is 2. The van der Waals surface area contributed by atoms with Gasteiger partial charge in [0.15, 0.2) is 0 Å². The number of ether oxygens (including phenoxy) is 1. The Morgan fingerprint density at radius 2 is 1.96 bits per heavy atom. The van der Waals surface area contributed by atoms with Gasteiger partial charge in [0.25, 0.3) is 5.91 Å². The summed E-state index contributed by atoms with van der Waals surface area (Å²) < 4.78 is 20.4. The Morgan fingerprint density at radius 1 is 1.20 bits per heavy atom. The van der Waals surface area contributed by atoms with Crippen LogP contribution in [-0.4, -0.2) is 22.9 Å². The molecule has 0 spiro atoms. The van der Waals surface area contributed by atoms with Crippen LogP contribution in [0.3, 0.4) is 0 Å². The Morgan fingerprint density at radius 3 is 2.68 bits per heavy atom. The molecule has 0 unspecified atom stereocenters. The number of nitrogens with one attached hydrogen (secondary N) is 1. The van der Waals surface area contributed by atoms with E-state index >= 15 is 0 Å². The van der Waals surface area contributed by atoms with Gasteiger partial charge in [-0.05, 0) is 49.7 Å². The van der Waals surface area contributed by atoms with Crippen LogP contribution < -0.4 is 5.32 Å². The Bertz CT molecular complexity index is 962. The van der Waals surface area contributed by atoms with Crippen LogP contribution in [-0.2, 0) is 4.74 Å². The average molecular weight is 340 g/mol. The predicted octanol–water partition coefficient (Wildman–Crippen LogP) is 3.82. The second kappa shape index (κ2) is 6.76. The first-order valence-electron chi connectivity index (χ1n) is 7.86. The number of hydrogen-bond donors (Lipinski definition) is 1. The van der Waals surface area contributed by atoms with Crippen LogP contribution >= 0.6 is 0 Å². The van der Waals surface area contributed by atoms with Crippen molar-refractivity contribution in [2.24, 2.45) is 0 Å². The van der Waals surface area contributed by atoms with E-state index in [1.165, 1.54) is 18.2 Å². The maximum absolute atomic E-state index is 13.8. The van der Waals surface area contributed by atoms with Crippen molar-refractivity contribution in [3.8, 4) is 0 Å². The van der Waals surface area contributed by atoms with Crippen LogP contribution in [0.5, 0.6) is 0 Å². The third-order valence-corrected chi connectivity index (χ3v) is 3.78. The lowest BCUT2D eigenvalue weighted by atomic mass is 10.2. The van der Waals surface area contributed by atoms with Crippen LogP contribution in [0.25, 0.3) is 5.52 Å². The molecule has 5 nitrogen and oxygen atoms in total. The van der Waals surface area contributed by atoms with Gasteiger partial charge in [-0.15, -0.1) is 0 Å². The number of aryl methyl sites for hydroxylation is 1. The van der Waals surface area contributed by atoms with E-state index in [0.717, 1.165) is 5.56 Å². The third kappa shape index (κ3) is 3.24. The maximum atomic E-state index is 13.8. The number of nitrogens with zero attached hydrogens (tertiary/aromatic N) is 1. The standard InChI is InChI=1S/C19H17FN2O3/c1-3-25-19(24)13-11-17(22-9-8-12(2)10-16(13)22)18(23)21-15-7-5-4-6-14(15)20/h4-11H,3H2,1-2H3,(H,21,23). The zero-order chi connectivity index (χ0) is 18.0. The largest absolute Gasteiger partial charge is 0.462 e. The molecular weight excluding hydrogens is 323 g/mol. The predicted molar refractivity (Wildman–Crippen MR) is 92.4 cm³/mol. The summed E-state index contributed by atoms with van der Waals surface area (Å²) in [6.07, 6.45) is 1.70. The van der Waals surface area contributed by atoms with Crippen molar-refractivity contribution in [3.05, 3.63) is 71.3 Å². The number of pyridine rings is 1. The second-order valence-corrected chi connectivity index (χ2v) is 5.56. The van der Waals surface area contributed by atoms with Crippen molar-refractivity contribution < 1.29 is 18.7 Å². The number of amides is 1. The summed E-state index contributed by atoms with van der Waals surface area (Å²) in [5.74, 6) is -1.55. The molecule has 0 aliphatic heterocycles. The van der Waals surface area contributed by atoms with Gasteiger partial charge in [0.2, 0.25) is 0 Å². The van der Waals surface area contributed by atoms with E-state index in [2.05, 4.69) is 5.32 Å². The summed E-state index contributed by atoms with van der Waals surface area (Å²) in [7, 11) is 0. The number of aromatic nitrogens is 1. The first-order chi connectivity index (χ1) is 12.0. The minimum atomic E-state index is -0.529. The first-order valence-corrected chi connectivity index (χ1v) is 7.86. The van der Waals surface area contributed by atoms with Crippen LogP contribution in [0.4, 0.5) is 10.1 Å². The molecule has 3 rings (SSSR count). The highest BCUT2D eigenvalue weighted by atomic mass is 19.1. The van der Waals surface area contributed by atoms with E-state index in [1.807, 2.05) is 13.0 Å². The molecule has 25 heavy (non-hydrogen) atoms. The monoisotopic (exact) mass is 340 g/mol. The van der Waals surface area contributed by atoms with Crippen LogP contribution in [0.2, 0.25) is 0 Å². The van der Waals surface area contributed by atoms with Crippen LogP contribution in [0.1, 0.15) is 33.3 Å². The molecule has 0 fully saturated rings. The molecule has 2 heterocycles. The van der Waals surface area contributed by atoms with Gasteiger partial charge in [-0.1, -0.05) is 12.1 Å². The Balaban J connectivity index is 2.05. The van der Waals surface area contributed by atoms with E-state index < -0.39 is 17.7 Å². The SMILES string of the molecule is CCOC(=O)c1cc(C(=O)Nc2ccccc2F)n2ccc(C)cc12. The number of halogens is 1. The lowest BCUT2D eigenvalue weighted by Gasteiger charge is -2.07. The molecule has 0 aliphatic rings. The number of anilines is 1. The third-order valence-electron chi connectivity index (χ3n) is 3.78. The molecule has 0 saturated carbocycles. The lowest BCUT2D eigenvalue weighted by molar-refractivity contribution is 0.0529. The number of para-hydroxylation sites is 1. The fraction of sp³-hybridized carbons (Fsp3) is 0.158. The van der Waals surface area contributed by atoms with Gasteiger partial charge in [-0.25, -0.2) is 9.18 Å². The Hall–Kier alpha value is -3.15. The molecule has 1 N–H and O–H groups in total. The van der Waals surface area contributed by atoms with Crippen molar-refractivity contribution >= 4 is 23.1 Å². The molecule has 3 aromatic rings. The smallest absolute Gasteiger partial charge is 0.340 e. The molecule has 1 amide bonds. The molecular formula is C19H17FN2O3. The molecule has 1 aromatic carbocycles. The van der Waals surface area contributed by atoms with E-state index in [-0.39, 0.29) is 18.0 Å². The van der Waals surface area contributed by atoms with Crippen molar-refractivity contribution in [1.82, 2.24) is 4.40 Å². The molecule has 2 aromatic heterocycles. The number of hydrogen-bond acceptors (Lipinski definition) is 3. The average Bonchev–Trinajstić information content (AvgIpc) is 2.96. The van der Waals surface area contributed by atoms with Gasteiger partial charge in [-0.2, -0.15) is 0 Å². The van der Waals surface area contributed by atoms with Crippen molar-refractivity contribution in [1.29, 1.82) is 0 Å². The summed E-state index contributed by atoms with van der Waals surface area (Å²) in [6, 6.07) is 11.0. The molecule has 0 aliphatic carbocycles. The molecule has 128 valence electrons. The zero-order valence-corrected chi connectivity index (χ0v) is 13.9. The van der Waals surface area contributed by atoms with E-state index in [0.29, 0.717) is 11.1 Å². The Labute approximate surface area is 144 Å². The van der Waals surface area contributed by atoms with E-state index in [9.17, 15) is 14.0 Å². The van der Waals surface area contributed by atoms with E-state index in [4.69, 9.17) is 4.74 Å². The van der Waals surface area contributed by atoms with E-state index in [1.54, 1.807) is 35.7 Å². The van der Waals surface area contributed by atoms with Gasteiger partial charge >= 0.3 is 5.97 Å². The maximum Gasteiger partial charge on any atom is 0.340 e. The molecule has 0 atom stereocenters. The van der Waals surface area contributed by atoms with Gasteiger partial charge in [-0.3, -0.25) is 4.79 Å². The van der Waals surface area contributed by atoms with Gasteiger partial charge in [0.05, 0.1) is 23.4 Å².